The van der Waals surface area contributed by atoms with Crippen molar-refractivity contribution in [3.8, 4) is 0 Å². The van der Waals surface area contributed by atoms with Crippen molar-refractivity contribution in [3.63, 3.8) is 0 Å². The Bertz CT molecular complexity index is 568. The number of ether oxygens (including phenoxy) is 1. The summed E-state index contributed by atoms with van der Waals surface area (Å²) in [5.41, 5.74) is 0.548. The Morgan fingerprint density at radius 2 is 2.17 bits per heavy atom. The van der Waals surface area contributed by atoms with Gasteiger partial charge in [0.05, 0.1) is 10.7 Å². The lowest BCUT2D eigenvalue weighted by atomic mass is 10.2. The molecule has 1 aromatic rings. The average molecular weight is 354 g/mol. The number of halogens is 1. The summed E-state index contributed by atoms with van der Waals surface area (Å²) < 4.78 is 5.24. The van der Waals surface area contributed by atoms with Crippen LogP contribution in [0, 0.1) is 0 Å². The molecule has 0 bridgehead atoms. The zero-order valence-electron chi connectivity index (χ0n) is 13.9. The molecule has 1 atom stereocenters. The monoisotopic (exact) mass is 353 g/mol. The summed E-state index contributed by atoms with van der Waals surface area (Å²) in [7, 11) is 0. The van der Waals surface area contributed by atoms with E-state index < -0.39 is 6.04 Å². The zero-order chi connectivity index (χ0) is 17.4. The molecule has 0 aliphatic carbocycles. The van der Waals surface area contributed by atoms with Gasteiger partial charge in [-0.2, -0.15) is 0 Å². The smallest absolute Gasteiger partial charge is 0.322 e. The summed E-state index contributed by atoms with van der Waals surface area (Å²) in [5.74, 6) is -0.113. The molecule has 3 amide bonds. The summed E-state index contributed by atoms with van der Waals surface area (Å²) in [6, 6.07) is 6.32. The number of carbonyl (C=O) groups is 2. The standard InChI is InChI=1S/C17H24ClN3O3/c1-2-24-12-6-10-19-16(22)15-9-5-11-21(15)17(23)20-14-8-4-3-7-13(14)18/h3-4,7-8,15H,2,5-6,9-12H2,1H3,(H,19,22)(H,20,23). The van der Waals surface area contributed by atoms with E-state index in [1.54, 1.807) is 29.2 Å². The molecule has 1 aliphatic rings. The van der Waals surface area contributed by atoms with Gasteiger partial charge < -0.3 is 20.3 Å². The Kier molecular flexibility index (Phi) is 7.34. The first kappa shape index (κ1) is 18.5. The van der Waals surface area contributed by atoms with Crippen LogP contribution in [0.3, 0.4) is 0 Å². The number of rotatable bonds is 7. The third-order valence-electron chi connectivity index (χ3n) is 3.90. The molecule has 2 N–H and O–H groups in total. The molecule has 0 radical (unpaired) electrons. The van der Waals surface area contributed by atoms with Crippen LogP contribution >= 0.6 is 11.6 Å². The Hall–Kier alpha value is -1.79. The van der Waals surface area contributed by atoms with Crippen molar-refractivity contribution in [2.24, 2.45) is 0 Å². The predicted octanol–water partition coefficient (Wildman–Crippen LogP) is 2.88. The minimum absolute atomic E-state index is 0.113. The van der Waals surface area contributed by atoms with Crippen LogP contribution in [0.4, 0.5) is 10.5 Å². The van der Waals surface area contributed by atoms with Gasteiger partial charge in [0.15, 0.2) is 0 Å². The maximum absolute atomic E-state index is 12.5. The molecule has 1 heterocycles. The average Bonchev–Trinajstić information content (AvgIpc) is 3.06. The van der Waals surface area contributed by atoms with Crippen molar-refractivity contribution in [1.82, 2.24) is 10.2 Å². The third kappa shape index (κ3) is 5.11. The first-order valence-electron chi connectivity index (χ1n) is 8.31. The van der Waals surface area contributed by atoms with Gasteiger partial charge >= 0.3 is 6.03 Å². The van der Waals surface area contributed by atoms with Crippen LogP contribution in [-0.4, -0.2) is 49.2 Å². The number of hydrogen-bond donors (Lipinski definition) is 2. The van der Waals surface area contributed by atoms with E-state index in [1.165, 1.54) is 0 Å². The number of likely N-dealkylation sites (tertiary alicyclic amines) is 1. The molecule has 1 aromatic carbocycles. The highest BCUT2D eigenvalue weighted by atomic mass is 35.5. The highest BCUT2D eigenvalue weighted by Gasteiger charge is 2.34. The van der Waals surface area contributed by atoms with Crippen molar-refractivity contribution in [2.75, 3.05) is 31.6 Å². The van der Waals surface area contributed by atoms with Gasteiger partial charge in [0.25, 0.3) is 0 Å². The summed E-state index contributed by atoms with van der Waals surface area (Å²) in [6.45, 7) is 4.35. The second-order valence-electron chi connectivity index (χ2n) is 5.60. The van der Waals surface area contributed by atoms with E-state index in [1.807, 2.05) is 6.92 Å². The molecule has 2 rings (SSSR count). The van der Waals surface area contributed by atoms with Gasteiger partial charge in [0.2, 0.25) is 5.91 Å². The first-order chi connectivity index (χ1) is 11.6. The molecular weight excluding hydrogens is 330 g/mol. The summed E-state index contributed by atoms with van der Waals surface area (Å²) in [4.78, 5) is 26.3. The number of nitrogens with zero attached hydrogens (tertiary/aromatic N) is 1. The molecule has 1 saturated heterocycles. The van der Waals surface area contributed by atoms with Crippen LogP contribution in [0.2, 0.25) is 5.02 Å². The highest BCUT2D eigenvalue weighted by Crippen LogP contribution is 2.23. The largest absolute Gasteiger partial charge is 0.382 e. The fourth-order valence-corrected chi connectivity index (χ4v) is 2.86. The minimum atomic E-state index is -0.431. The second kappa shape index (κ2) is 9.49. The normalized spacial score (nSPS) is 16.9. The van der Waals surface area contributed by atoms with Gasteiger partial charge in [-0.3, -0.25) is 4.79 Å². The Balaban J connectivity index is 1.86. The third-order valence-corrected chi connectivity index (χ3v) is 4.23. The lowest BCUT2D eigenvalue weighted by Gasteiger charge is -2.24. The maximum atomic E-state index is 12.5. The molecule has 132 valence electrons. The van der Waals surface area contributed by atoms with Crippen LogP contribution in [0.1, 0.15) is 26.2 Å². The highest BCUT2D eigenvalue weighted by molar-refractivity contribution is 6.33. The molecule has 1 fully saturated rings. The van der Waals surface area contributed by atoms with Gasteiger partial charge in [-0.15, -0.1) is 0 Å². The lowest BCUT2D eigenvalue weighted by molar-refractivity contribution is -0.124. The van der Waals surface area contributed by atoms with Gasteiger partial charge in [0.1, 0.15) is 6.04 Å². The molecule has 1 unspecified atom stereocenters. The van der Waals surface area contributed by atoms with E-state index >= 15 is 0 Å². The molecule has 6 nitrogen and oxygen atoms in total. The van der Waals surface area contributed by atoms with E-state index in [0.29, 0.717) is 43.4 Å². The van der Waals surface area contributed by atoms with Crippen molar-refractivity contribution in [2.45, 2.75) is 32.2 Å². The number of anilines is 1. The molecular formula is C17H24ClN3O3. The van der Waals surface area contributed by atoms with Crippen molar-refractivity contribution >= 4 is 29.2 Å². The Morgan fingerprint density at radius 3 is 2.92 bits per heavy atom. The maximum Gasteiger partial charge on any atom is 0.322 e. The summed E-state index contributed by atoms with van der Waals surface area (Å²) in [5, 5.41) is 6.13. The van der Waals surface area contributed by atoms with E-state index in [9.17, 15) is 9.59 Å². The molecule has 24 heavy (non-hydrogen) atoms. The van der Waals surface area contributed by atoms with Crippen molar-refractivity contribution < 1.29 is 14.3 Å². The van der Waals surface area contributed by atoms with Crippen molar-refractivity contribution in [3.05, 3.63) is 29.3 Å². The first-order valence-corrected chi connectivity index (χ1v) is 8.69. The number of benzene rings is 1. The van der Waals surface area contributed by atoms with Gasteiger partial charge in [0, 0.05) is 26.3 Å². The molecule has 0 spiro atoms. The van der Waals surface area contributed by atoms with E-state index in [4.69, 9.17) is 16.3 Å². The fourth-order valence-electron chi connectivity index (χ4n) is 2.68. The van der Waals surface area contributed by atoms with Crippen molar-refractivity contribution in [1.29, 1.82) is 0 Å². The van der Waals surface area contributed by atoms with Crippen LogP contribution in [0.15, 0.2) is 24.3 Å². The molecule has 0 aromatic heterocycles. The molecule has 1 aliphatic heterocycles. The van der Waals surface area contributed by atoms with Crippen LogP contribution < -0.4 is 10.6 Å². The zero-order valence-corrected chi connectivity index (χ0v) is 14.6. The van der Waals surface area contributed by atoms with Crippen LogP contribution in [0.5, 0.6) is 0 Å². The second-order valence-corrected chi connectivity index (χ2v) is 6.01. The number of para-hydroxylation sites is 1. The summed E-state index contributed by atoms with van der Waals surface area (Å²) >= 11 is 6.06. The van der Waals surface area contributed by atoms with Crippen LogP contribution in [0.25, 0.3) is 0 Å². The Labute approximate surface area is 147 Å². The molecule has 0 saturated carbocycles. The van der Waals surface area contributed by atoms with Crippen LogP contribution in [-0.2, 0) is 9.53 Å². The Morgan fingerprint density at radius 1 is 1.38 bits per heavy atom. The predicted molar refractivity (Wildman–Crippen MR) is 94.3 cm³/mol. The van der Waals surface area contributed by atoms with E-state index in [0.717, 1.165) is 12.8 Å². The van der Waals surface area contributed by atoms with Gasteiger partial charge in [-0.25, -0.2) is 4.79 Å². The minimum Gasteiger partial charge on any atom is -0.382 e. The number of urea groups is 1. The SMILES string of the molecule is CCOCCCNC(=O)C1CCCN1C(=O)Nc1ccccc1Cl. The number of amides is 3. The fraction of sp³-hybridized carbons (Fsp3) is 0.529. The lowest BCUT2D eigenvalue weighted by Crippen LogP contribution is -2.47. The summed E-state index contributed by atoms with van der Waals surface area (Å²) in [6.07, 6.45) is 2.25. The number of nitrogens with one attached hydrogen (secondary N) is 2. The van der Waals surface area contributed by atoms with E-state index in [2.05, 4.69) is 10.6 Å². The van der Waals surface area contributed by atoms with E-state index in [-0.39, 0.29) is 11.9 Å². The van der Waals surface area contributed by atoms with Gasteiger partial charge in [-0.05, 0) is 38.3 Å². The van der Waals surface area contributed by atoms with Gasteiger partial charge in [-0.1, -0.05) is 23.7 Å². The number of hydrogen-bond acceptors (Lipinski definition) is 3. The topological polar surface area (TPSA) is 70.7 Å². The quantitative estimate of drug-likeness (QED) is 0.740. The molecule has 7 heteroatoms. The number of carbonyl (C=O) groups excluding carboxylic acids is 2.